The Balaban J connectivity index is 2.16. The maximum atomic E-state index is 13.1. The lowest BCUT2D eigenvalue weighted by atomic mass is 10.1. The Morgan fingerprint density at radius 1 is 1.41 bits per heavy atom. The van der Waals surface area contributed by atoms with Gasteiger partial charge < -0.3 is 9.88 Å². The average molecular weight is 233 g/mol. The van der Waals surface area contributed by atoms with Gasteiger partial charge in [-0.25, -0.2) is 9.37 Å². The Morgan fingerprint density at radius 2 is 2.18 bits per heavy atom. The van der Waals surface area contributed by atoms with E-state index in [4.69, 9.17) is 0 Å². The van der Waals surface area contributed by atoms with Crippen LogP contribution in [-0.2, 0) is 7.05 Å². The number of imidazole rings is 1. The van der Waals surface area contributed by atoms with Gasteiger partial charge in [-0.05, 0) is 31.5 Å². The van der Waals surface area contributed by atoms with Gasteiger partial charge in [0.2, 0.25) is 5.95 Å². The van der Waals surface area contributed by atoms with E-state index in [-0.39, 0.29) is 11.9 Å². The number of nitrogens with zero attached hydrogens (tertiary/aromatic N) is 2. The third kappa shape index (κ3) is 2.64. The van der Waals surface area contributed by atoms with Crippen molar-refractivity contribution in [3.63, 3.8) is 0 Å². The van der Waals surface area contributed by atoms with E-state index in [1.54, 1.807) is 6.07 Å². The molecule has 3 nitrogen and oxygen atoms in total. The highest BCUT2D eigenvalue weighted by Gasteiger charge is 2.09. The van der Waals surface area contributed by atoms with Crippen LogP contribution in [0.3, 0.4) is 0 Å². The zero-order valence-electron chi connectivity index (χ0n) is 10.2. The van der Waals surface area contributed by atoms with Crippen molar-refractivity contribution in [2.75, 3.05) is 5.32 Å². The molecule has 1 aromatic heterocycles. The summed E-state index contributed by atoms with van der Waals surface area (Å²) in [6.07, 6.45) is 1.95. The molecule has 0 aliphatic heterocycles. The molecule has 0 saturated carbocycles. The van der Waals surface area contributed by atoms with Crippen LogP contribution in [0.15, 0.2) is 30.5 Å². The predicted octanol–water partition coefficient (Wildman–Crippen LogP) is 3.04. The summed E-state index contributed by atoms with van der Waals surface area (Å²) in [5.74, 6) is 0.575. The Morgan fingerprint density at radius 3 is 2.76 bits per heavy atom. The van der Waals surface area contributed by atoms with Gasteiger partial charge in [0, 0.05) is 13.2 Å². The molecule has 2 rings (SSSR count). The van der Waals surface area contributed by atoms with E-state index in [9.17, 15) is 4.39 Å². The van der Waals surface area contributed by atoms with Crippen LogP contribution in [-0.4, -0.2) is 9.55 Å². The van der Waals surface area contributed by atoms with E-state index < -0.39 is 0 Å². The lowest BCUT2D eigenvalue weighted by Crippen LogP contribution is -2.10. The topological polar surface area (TPSA) is 29.9 Å². The molecule has 1 heterocycles. The lowest BCUT2D eigenvalue weighted by molar-refractivity contribution is 0.623. The number of aryl methyl sites for hydroxylation is 2. The Hall–Kier alpha value is -1.84. The van der Waals surface area contributed by atoms with Crippen LogP contribution >= 0.6 is 0 Å². The Labute approximate surface area is 100 Å². The largest absolute Gasteiger partial charge is 0.349 e. The number of hydrogen-bond acceptors (Lipinski definition) is 2. The zero-order chi connectivity index (χ0) is 12.4. The van der Waals surface area contributed by atoms with Gasteiger partial charge in [-0.3, -0.25) is 0 Å². The van der Waals surface area contributed by atoms with Crippen molar-refractivity contribution in [1.29, 1.82) is 0 Å². The third-order valence-electron chi connectivity index (χ3n) is 2.69. The molecule has 0 radical (unpaired) electrons. The van der Waals surface area contributed by atoms with E-state index in [1.807, 2.05) is 37.7 Å². The van der Waals surface area contributed by atoms with E-state index in [1.165, 1.54) is 12.1 Å². The molecule has 0 fully saturated rings. The van der Waals surface area contributed by atoms with Gasteiger partial charge in [-0.15, -0.1) is 0 Å². The quantitative estimate of drug-likeness (QED) is 0.883. The summed E-state index contributed by atoms with van der Waals surface area (Å²) < 4.78 is 15.0. The number of anilines is 1. The van der Waals surface area contributed by atoms with Crippen molar-refractivity contribution < 1.29 is 4.39 Å². The standard InChI is InChI=1S/C13H16FN3/c1-9-8-17(3)13(15-9)16-10(2)11-5-4-6-12(14)7-11/h4-8,10H,1-3H3,(H,15,16). The van der Waals surface area contributed by atoms with Gasteiger partial charge in [0.1, 0.15) is 5.82 Å². The van der Waals surface area contributed by atoms with E-state index in [0.717, 1.165) is 17.2 Å². The highest BCUT2D eigenvalue weighted by atomic mass is 19.1. The lowest BCUT2D eigenvalue weighted by Gasteiger charge is -2.14. The van der Waals surface area contributed by atoms with Crippen LogP contribution in [0.5, 0.6) is 0 Å². The second-order valence-electron chi connectivity index (χ2n) is 4.24. The molecule has 0 amide bonds. The van der Waals surface area contributed by atoms with Crippen LogP contribution < -0.4 is 5.32 Å². The first-order chi connectivity index (χ1) is 8.06. The molecule has 0 spiro atoms. The maximum absolute atomic E-state index is 13.1. The van der Waals surface area contributed by atoms with E-state index in [0.29, 0.717) is 0 Å². The second kappa shape index (κ2) is 4.57. The molecular formula is C13H16FN3. The Bertz CT molecular complexity index is 519. The summed E-state index contributed by atoms with van der Waals surface area (Å²) >= 11 is 0. The molecule has 0 bridgehead atoms. The van der Waals surface area contributed by atoms with Crippen molar-refractivity contribution in [1.82, 2.24) is 9.55 Å². The van der Waals surface area contributed by atoms with Gasteiger partial charge in [-0.1, -0.05) is 12.1 Å². The van der Waals surface area contributed by atoms with Crippen molar-refractivity contribution in [2.45, 2.75) is 19.9 Å². The molecule has 0 aliphatic rings. The fourth-order valence-corrected chi connectivity index (χ4v) is 1.80. The molecule has 1 atom stereocenters. The second-order valence-corrected chi connectivity index (χ2v) is 4.24. The number of hydrogen-bond donors (Lipinski definition) is 1. The monoisotopic (exact) mass is 233 g/mol. The minimum absolute atomic E-state index is 0.0196. The number of benzene rings is 1. The van der Waals surface area contributed by atoms with Crippen molar-refractivity contribution in [3.05, 3.63) is 47.5 Å². The van der Waals surface area contributed by atoms with Crippen molar-refractivity contribution in [2.24, 2.45) is 7.05 Å². The fraction of sp³-hybridized carbons (Fsp3) is 0.308. The van der Waals surface area contributed by atoms with Crippen LogP contribution in [0.1, 0.15) is 24.2 Å². The minimum atomic E-state index is -0.216. The maximum Gasteiger partial charge on any atom is 0.203 e. The summed E-state index contributed by atoms with van der Waals surface area (Å²) in [5, 5.41) is 3.26. The molecule has 1 aromatic carbocycles. The van der Waals surface area contributed by atoms with Crippen LogP contribution in [0, 0.1) is 12.7 Å². The van der Waals surface area contributed by atoms with E-state index in [2.05, 4.69) is 10.3 Å². The van der Waals surface area contributed by atoms with Crippen LogP contribution in [0.25, 0.3) is 0 Å². The first-order valence-corrected chi connectivity index (χ1v) is 5.58. The smallest absolute Gasteiger partial charge is 0.203 e. The molecule has 90 valence electrons. The van der Waals surface area contributed by atoms with Crippen molar-refractivity contribution in [3.8, 4) is 0 Å². The molecule has 0 saturated heterocycles. The zero-order valence-corrected chi connectivity index (χ0v) is 10.2. The number of rotatable bonds is 3. The summed E-state index contributed by atoms with van der Waals surface area (Å²) in [4.78, 5) is 4.36. The SMILES string of the molecule is Cc1cn(C)c(NC(C)c2cccc(F)c2)n1. The molecule has 0 aliphatic carbocycles. The van der Waals surface area contributed by atoms with Gasteiger partial charge in [-0.2, -0.15) is 0 Å². The van der Waals surface area contributed by atoms with Gasteiger partial charge in [0.25, 0.3) is 0 Å². The van der Waals surface area contributed by atoms with Crippen molar-refractivity contribution >= 4 is 5.95 Å². The normalized spacial score (nSPS) is 12.5. The van der Waals surface area contributed by atoms with Gasteiger partial charge in [0.05, 0.1) is 11.7 Å². The average Bonchev–Trinajstić information content (AvgIpc) is 2.57. The van der Waals surface area contributed by atoms with Gasteiger partial charge >= 0.3 is 0 Å². The summed E-state index contributed by atoms with van der Waals surface area (Å²) in [6, 6.07) is 6.61. The molecule has 4 heteroatoms. The first kappa shape index (κ1) is 11.6. The third-order valence-corrected chi connectivity index (χ3v) is 2.69. The van der Waals surface area contributed by atoms with E-state index >= 15 is 0 Å². The summed E-state index contributed by atoms with van der Waals surface area (Å²) in [5.41, 5.74) is 1.87. The minimum Gasteiger partial charge on any atom is -0.349 e. The highest BCUT2D eigenvalue weighted by Crippen LogP contribution is 2.18. The molecule has 1 unspecified atom stereocenters. The summed E-state index contributed by atoms with van der Waals surface area (Å²) in [6.45, 7) is 3.93. The fourth-order valence-electron chi connectivity index (χ4n) is 1.80. The number of halogens is 1. The predicted molar refractivity (Wildman–Crippen MR) is 66.4 cm³/mol. The van der Waals surface area contributed by atoms with Crippen LogP contribution in [0.4, 0.5) is 10.3 Å². The Kier molecular flexibility index (Phi) is 3.13. The highest BCUT2D eigenvalue weighted by molar-refractivity contribution is 5.34. The molecule has 17 heavy (non-hydrogen) atoms. The van der Waals surface area contributed by atoms with Crippen LogP contribution in [0.2, 0.25) is 0 Å². The summed E-state index contributed by atoms with van der Waals surface area (Å²) in [7, 11) is 1.93. The molecule has 1 N–H and O–H groups in total. The number of nitrogens with one attached hydrogen (secondary N) is 1. The molecule has 2 aromatic rings. The molecular weight excluding hydrogens is 217 g/mol. The van der Waals surface area contributed by atoms with Gasteiger partial charge in [0.15, 0.2) is 0 Å². The first-order valence-electron chi connectivity index (χ1n) is 5.58. The number of aromatic nitrogens is 2.